The zero-order chi connectivity index (χ0) is 15.5. The predicted octanol–water partition coefficient (Wildman–Crippen LogP) is 2.53. The van der Waals surface area contributed by atoms with Gasteiger partial charge in [0, 0.05) is 36.6 Å². The van der Waals surface area contributed by atoms with E-state index in [2.05, 4.69) is 4.98 Å². The molecule has 112 valence electrons. The molecule has 0 aliphatic carbocycles. The van der Waals surface area contributed by atoms with Gasteiger partial charge in [-0.3, -0.25) is 0 Å². The van der Waals surface area contributed by atoms with Crippen molar-refractivity contribution in [2.45, 2.75) is 26.5 Å². The van der Waals surface area contributed by atoms with Gasteiger partial charge in [-0.2, -0.15) is 0 Å². The van der Waals surface area contributed by atoms with Gasteiger partial charge in [0.15, 0.2) is 6.10 Å². The first kappa shape index (κ1) is 15.5. The Morgan fingerprint density at radius 2 is 2.10 bits per heavy atom. The first-order valence-corrected chi connectivity index (χ1v) is 6.88. The van der Waals surface area contributed by atoms with E-state index in [1.165, 1.54) is 12.3 Å². The number of aliphatic hydroxyl groups is 1. The quantitative estimate of drug-likeness (QED) is 0.862. The molecule has 0 spiro atoms. The molecule has 0 bridgehead atoms. The minimum absolute atomic E-state index is 0.111. The van der Waals surface area contributed by atoms with Crippen LogP contribution in [-0.4, -0.2) is 26.7 Å². The summed E-state index contributed by atoms with van der Waals surface area (Å²) in [4.78, 5) is 15.9. The van der Waals surface area contributed by atoms with Gasteiger partial charge in [-0.1, -0.05) is 25.4 Å². The lowest BCUT2D eigenvalue weighted by atomic mass is 9.86. The number of esters is 1. The number of hydrogen-bond donors (Lipinski definition) is 1. The fourth-order valence-electron chi connectivity index (χ4n) is 1.93. The number of carbonyl (C=O) groups is 1. The summed E-state index contributed by atoms with van der Waals surface area (Å²) in [6, 6.07) is 6.82. The van der Waals surface area contributed by atoms with Crippen LogP contribution in [0.5, 0.6) is 5.88 Å². The van der Waals surface area contributed by atoms with E-state index in [9.17, 15) is 9.90 Å². The third-order valence-electron chi connectivity index (χ3n) is 3.13. The van der Waals surface area contributed by atoms with E-state index in [0.717, 1.165) is 0 Å². The van der Waals surface area contributed by atoms with Crippen LogP contribution in [0.3, 0.4) is 0 Å². The molecule has 21 heavy (non-hydrogen) atoms. The van der Waals surface area contributed by atoms with Crippen LogP contribution < -0.4 is 4.74 Å². The van der Waals surface area contributed by atoms with Gasteiger partial charge < -0.3 is 14.4 Å². The highest BCUT2D eigenvalue weighted by Crippen LogP contribution is 2.25. The smallest absolute Gasteiger partial charge is 0.342 e. The molecular weight excluding hydrogens is 292 g/mol. The van der Waals surface area contributed by atoms with Gasteiger partial charge in [0.2, 0.25) is 5.88 Å². The highest BCUT2D eigenvalue weighted by Gasteiger charge is 2.35. The average molecular weight is 309 g/mol. The monoisotopic (exact) mass is 308 g/mol. The lowest BCUT2D eigenvalue weighted by Crippen LogP contribution is -2.41. The summed E-state index contributed by atoms with van der Waals surface area (Å²) in [6.07, 6.45) is 3.86. The minimum atomic E-state index is -1.27. The molecule has 0 saturated heterocycles. The van der Waals surface area contributed by atoms with E-state index in [0.29, 0.717) is 11.6 Å². The highest BCUT2D eigenvalue weighted by atomic mass is 35.5. The summed E-state index contributed by atoms with van der Waals surface area (Å²) in [5, 5.41) is 10.7. The van der Waals surface area contributed by atoms with Crippen LogP contribution in [-0.2, 0) is 11.3 Å². The summed E-state index contributed by atoms with van der Waals surface area (Å²) in [5.74, 6) is -0.623. The van der Waals surface area contributed by atoms with Gasteiger partial charge in [-0.15, -0.1) is 0 Å². The van der Waals surface area contributed by atoms with Gasteiger partial charge in [0.25, 0.3) is 0 Å². The number of pyridine rings is 1. The zero-order valence-electron chi connectivity index (χ0n) is 11.9. The summed E-state index contributed by atoms with van der Waals surface area (Å²) in [5.41, 5.74) is -0.678. The second-order valence-corrected chi connectivity index (χ2v) is 5.92. The van der Waals surface area contributed by atoms with Crippen molar-refractivity contribution in [3.8, 4) is 5.88 Å². The van der Waals surface area contributed by atoms with Crippen molar-refractivity contribution in [3.63, 3.8) is 0 Å². The fraction of sp³-hybridized carbons (Fsp3) is 0.333. The summed E-state index contributed by atoms with van der Waals surface area (Å²) in [7, 11) is 0. The molecular formula is C15H17ClN2O3. The first-order valence-electron chi connectivity index (χ1n) is 6.50. The van der Waals surface area contributed by atoms with Crippen LogP contribution >= 0.6 is 11.6 Å². The lowest BCUT2D eigenvalue weighted by molar-refractivity contribution is -0.151. The summed E-state index contributed by atoms with van der Waals surface area (Å²) in [6.45, 7) is 4.09. The van der Waals surface area contributed by atoms with Crippen molar-refractivity contribution < 1.29 is 14.6 Å². The molecule has 2 heterocycles. The molecule has 0 radical (unpaired) electrons. The first-order chi connectivity index (χ1) is 9.88. The molecule has 5 nitrogen and oxygen atoms in total. The third-order valence-corrected chi connectivity index (χ3v) is 3.35. The lowest BCUT2D eigenvalue weighted by Gasteiger charge is -2.29. The number of carbonyl (C=O) groups excluding carboxylic acids is 1. The maximum Gasteiger partial charge on any atom is 0.342 e. The molecule has 0 aliphatic heterocycles. The predicted molar refractivity (Wildman–Crippen MR) is 79.1 cm³/mol. The number of ether oxygens (including phenoxy) is 1. The van der Waals surface area contributed by atoms with E-state index >= 15 is 0 Å². The standard InChI is InChI=1S/C15H17ClN2O3/c1-15(2,10-18-7-3-4-8-18)13(19)14(20)21-12-6-5-11(16)9-17-12/h3-9,13,19H,10H2,1-2H3. The molecule has 1 N–H and O–H groups in total. The molecule has 0 amide bonds. The molecule has 1 atom stereocenters. The molecule has 1 unspecified atom stereocenters. The van der Waals surface area contributed by atoms with E-state index in [-0.39, 0.29) is 5.88 Å². The van der Waals surface area contributed by atoms with Crippen molar-refractivity contribution in [3.05, 3.63) is 47.9 Å². The Kier molecular flexibility index (Phi) is 4.65. The minimum Gasteiger partial charge on any atom is -0.406 e. The SMILES string of the molecule is CC(C)(Cn1cccc1)C(O)C(=O)Oc1ccc(Cl)cn1. The molecule has 2 aromatic rings. The second-order valence-electron chi connectivity index (χ2n) is 5.48. The van der Waals surface area contributed by atoms with Gasteiger partial charge in [-0.25, -0.2) is 9.78 Å². The van der Waals surface area contributed by atoms with Crippen molar-refractivity contribution in [2.24, 2.45) is 5.41 Å². The van der Waals surface area contributed by atoms with Crippen LogP contribution in [0, 0.1) is 5.41 Å². The molecule has 0 saturated carbocycles. The molecule has 0 aliphatic rings. The molecule has 6 heteroatoms. The number of aliphatic hydroxyl groups excluding tert-OH is 1. The van der Waals surface area contributed by atoms with Gasteiger partial charge in [-0.05, 0) is 18.2 Å². The van der Waals surface area contributed by atoms with E-state index in [1.807, 2.05) is 29.1 Å². The number of halogens is 1. The number of aromatic nitrogens is 2. The third kappa shape index (κ3) is 4.06. The average Bonchev–Trinajstić information content (AvgIpc) is 2.92. The Hall–Kier alpha value is -1.85. The summed E-state index contributed by atoms with van der Waals surface area (Å²) >= 11 is 5.71. The van der Waals surface area contributed by atoms with Crippen LogP contribution in [0.1, 0.15) is 13.8 Å². The van der Waals surface area contributed by atoms with Crippen molar-refractivity contribution in [1.82, 2.24) is 9.55 Å². The molecule has 0 fully saturated rings. The van der Waals surface area contributed by atoms with E-state index in [4.69, 9.17) is 16.3 Å². The molecule has 2 aromatic heterocycles. The normalized spacial score (nSPS) is 13.0. The number of hydrogen-bond acceptors (Lipinski definition) is 4. The Morgan fingerprint density at radius 1 is 1.43 bits per heavy atom. The fourth-order valence-corrected chi connectivity index (χ4v) is 2.04. The Morgan fingerprint density at radius 3 is 2.67 bits per heavy atom. The topological polar surface area (TPSA) is 64.4 Å². The summed E-state index contributed by atoms with van der Waals surface area (Å²) < 4.78 is 6.97. The van der Waals surface area contributed by atoms with Gasteiger partial charge in [0.1, 0.15) is 0 Å². The number of rotatable bonds is 5. The highest BCUT2D eigenvalue weighted by molar-refractivity contribution is 6.30. The van der Waals surface area contributed by atoms with Crippen molar-refractivity contribution in [2.75, 3.05) is 0 Å². The van der Waals surface area contributed by atoms with Crippen molar-refractivity contribution >= 4 is 17.6 Å². The van der Waals surface area contributed by atoms with Crippen molar-refractivity contribution in [1.29, 1.82) is 0 Å². The van der Waals surface area contributed by atoms with Crippen LogP contribution in [0.15, 0.2) is 42.9 Å². The maximum atomic E-state index is 12.0. The second kappa shape index (κ2) is 6.28. The Labute approximate surface area is 128 Å². The van der Waals surface area contributed by atoms with E-state index < -0.39 is 17.5 Å². The zero-order valence-corrected chi connectivity index (χ0v) is 12.6. The molecule has 2 rings (SSSR count). The van der Waals surface area contributed by atoms with Crippen LogP contribution in [0.2, 0.25) is 5.02 Å². The van der Waals surface area contributed by atoms with Gasteiger partial charge >= 0.3 is 5.97 Å². The Balaban J connectivity index is 2.02. The largest absolute Gasteiger partial charge is 0.406 e. The van der Waals surface area contributed by atoms with Crippen LogP contribution in [0.4, 0.5) is 0 Å². The van der Waals surface area contributed by atoms with Crippen LogP contribution in [0.25, 0.3) is 0 Å². The van der Waals surface area contributed by atoms with Gasteiger partial charge in [0.05, 0.1) is 5.02 Å². The molecule has 0 aromatic carbocycles. The van der Waals surface area contributed by atoms with E-state index in [1.54, 1.807) is 19.9 Å². The maximum absolute atomic E-state index is 12.0. The number of nitrogens with zero attached hydrogens (tertiary/aromatic N) is 2. The Bertz CT molecular complexity index is 594.